The van der Waals surface area contributed by atoms with E-state index in [1.165, 1.54) is 6.92 Å². The van der Waals surface area contributed by atoms with Crippen LogP contribution in [0.25, 0.3) is 6.08 Å². The van der Waals surface area contributed by atoms with Crippen LogP contribution in [0.3, 0.4) is 0 Å². The van der Waals surface area contributed by atoms with Gasteiger partial charge in [0, 0.05) is 26.4 Å². The van der Waals surface area contributed by atoms with Gasteiger partial charge in [0.2, 0.25) is 5.91 Å². The molecule has 174 valence electrons. The summed E-state index contributed by atoms with van der Waals surface area (Å²) in [6.07, 6.45) is 3.87. The molecule has 3 aliphatic heterocycles. The predicted octanol–water partition coefficient (Wildman–Crippen LogP) is 5.66. The van der Waals surface area contributed by atoms with E-state index in [0.29, 0.717) is 16.3 Å². The normalized spacial score (nSPS) is 25.7. The van der Waals surface area contributed by atoms with Crippen molar-refractivity contribution < 1.29 is 14.4 Å². The van der Waals surface area contributed by atoms with Gasteiger partial charge in [0.1, 0.15) is 5.41 Å². The van der Waals surface area contributed by atoms with Crippen LogP contribution in [0, 0.1) is 5.92 Å². The summed E-state index contributed by atoms with van der Waals surface area (Å²) in [6, 6.07) is 18.6. The van der Waals surface area contributed by atoms with Gasteiger partial charge in [0.15, 0.2) is 11.6 Å². The molecule has 3 aromatic carbocycles. The van der Waals surface area contributed by atoms with Gasteiger partial charge in [0.05, 0.1) is 18.0 Å². The molecular formula is C28H20BrClN2O3. The van der Waals surface area contributed by atoms with Gasteiger partial charge in [-0.2, -0.15) is 0 Å². The standard InChI is InChI=1S/C28H20BrClN2O3/c1-15(33)25-24(26(34)16-6-9-18(29)10-7-16)28(20-4-2-3-5-21(20)31-27(28)35)23-13-8-17-14-19(30)11-12-22(17)32(23)25/h2-14,23-25H,1H3,(H,31,35)/t23-,24-,25+,28-/m1/s1. The minimum absolute atomic E-state index is 0.171. The summed E-state index contributed by atoms with van der Waals surface area (Å²) in [6.45, 7) is 1.50. The summed E-state index contributed by atoms with van der Waals surface area (Å²) in [7, 11) is 0. The zero-order chi connectivity index (χ0) is 24.5. The number of nitrogens with one attached hydrogen (secondary N) is 1. The van der Waals surface area contributed by atoms with E-state index in [1.807, 2.05) is 53.5 Å². The molecule has 1 N–H and O–H groups in total. The average molecular weight is 548 g/mol. The van der Waals surface area contributed by atoms with Crippen LogP contribution in [0.5, 0.6) is 0 Å². The maximum absolute atomic E-state index is 14.3. The van der Waals surface area contributed by atoms with Crippen molar-refractivity contribution in [2.24, 2.45) is 5.92 Å². The van der Waals surface area contributed by atoms with Gasteiger partial charge in [-0.3, -0.25) is 14.4 Å². The van der Waals surface area contributed by atoms with Crippen molar-refractivity contribution in [1.29, 1.82) is 0 Å². The molecule has 7 heteroatoms. The molecule has 6 rings (SSSR count). The third-order valence-electron chi connectivity index (χ3n) is 7.42. The molecule has 0 radical (unpaired) electrons. The predicted molar refractivity (Wildman–Crippen MR) is 140 cm³/mol. The lowest BCUT2D eigenvalue weighted by Crippen LogP contribution is -2.51. The van der Waals surface area contributed by atoms with Gasteiger partial charge in [0.25, 0.3) is 0 Å². The number of nitrogens with zero attached hydrogens (tertiary/aromatic N) is 1. The maximum Gasteiger partial charge on any atom is 0.238 e. The highest BCUT2D eigenvalue weighted by atomic mass is 79.9. The molecule has 1 fully saturated rings. The molecule has 35 heavy (non-hydrogen) atoms. The maximum atomic E-state index is 14.3. The Morgan fingerprint density at radius 3 is 2.54 bits per heavy atom. The monoisotopic (exact) mass is 546 g/mol. The van der Waals surface area contributed by atoms with E-state index in [0.717, 1.165) is 21.3 Å². The minimum atomic E-state index is -1.27. The molecular weight excluding hydrogens is 528 g/mol. The highest BCUT2D eigenvalue weighted by Crippen LogP contribution is 2.57. The van der Waals surface area contributed by atoms with Crippen molar-refractivity contribution in [3.05, 3.63) is 99.0 Å². The van der Waals surface area contributed by atoms with Crippen molar-refractivity contribution in [3.8, 4) is 0 Å². The fourth-order valence-corrected chi connectivity index (χ4v) is 6.54. The number of rotatable bonds is 3. The first-order valence-corrected chi connectivity index (χ1v) is 12.5. The Morgan fingerprint density at radius 1 is 1.06 bits per heavy atom. The van der Waals surface area contributed by atoms with Crippen LogP contribution in [0.2, 0.25) is 5.02 Å². The van der Waals surface area contributed by atoms with E-state index in [2.05, 4.69) is 21.2 Å². The van der Waals surface area contributed by atoms with Gasteiger partial charge < -0.3 is 10.2 Å². The van der Waals surface area contributed by atoms with Crippen LogP contribution in [0.15, 0.2) is 77.3 Å². The molecule has 3 heterocycles. The first-order valence-electron chi connectivity index (χ1n) is 11.3. The summed E-state index contributed by atoms with van der Waals surface area (Å²) in [5, 5.41) is 3.59. The van der Waals surface area contributed by atoms with Crippen molar-refractivity contribution in [1.82, 2.24) is 0 Å². The Bertz CT molecular complexity index is 1450. The minimum Gasteiger partial charge on any atom is -0.352 e. The van der Waals surface area contributed by atoms with Crippen molar-refractivity contribution >= 4 is 62.5 Å². The second kappa shape index (κ2) is 7.90. The van der Waals surface area contributed by atoms with E-state index < -0.39 is 23.4 Å². The van der Waals surface area contributed by atoms with Crippen LogP contribution < -0.4 is 10.2 Å². The van der Waals surface area contributed by atoms with Gasteiger partial charge in [-0.15, -0.1) is 0 Å². The summed E-state index contributed by atoms with van der Waals surface area (Å²) < 4.78 is 0.841. The molecule has 4 atom stereocenters. The van der Waals surface area contributed by atoms with Crippen LogP contribution in [-0.2, 0) is 15.0 Å². The highest BCUT2D eigenvalue weighted by Gasteiger charge is 2.69. The summed E-state index contributed by atoms with van der Waals surface area (Å²) in [5.41, 5.74) is 2.22. The number of amides is 1. The van der Waals surface area contributed by atoms with Crippen LogP contribution in [0.1, 0.15) is 28.4 Å². The van der Waals surface area contributed by atoms with E-state index in [1.54, 1.807) is 30.3 Å². The van der Waals surface area contributed by atoms with E-state index >= 15 is 0 Å². The third-order valence-corrected chi connectivity index (χ3v) is 8.19. The Kier molecular flexibility index (Phi) is 5.02. The SMILES string of the molecule is CC(=O)[C@H]1[C@H](C(=O)c2ccc(Br)cc2)[C@]2(C(=O)Nc3ccccc32)[C@H]2C=Cc3cc(Cl)ccc3N12. The molecule has 1 spiro atoms. The van der Waals surface area contributed by atoms with Crippen molar-refractivity contribution in [2.45, 2.75) is 24.4 Å². The summed E-state index contributed by atoms with van der Waals surface area (Å²) >= 11 is 9.68. The Labute approximate surface area is 215 Å². The molecule has 0 bridgehead atoms. The quantitative estimate of drug-likeness (QED) is 0.430. The van der Waals surface area contributed by atoms with Crippen molar-refractivity contribution in [2.75, 3.05) is 10.2 Å². The number of ketones is 2. The number of Topliss-reactive ketones (excluding diaryl/α,β-unsaturated/α-hetero) is 2. The van der Waals surface area contributed by atoms with Gasteiger partial charge in [-0.05, 0) is 54.4 Å². The zero-order valence-electron chi connectivity index (χ0n) is 18.7. The Morgan fingerprint density at radius 2 is 1.80 bits per heavy atom. The van der Waals surface area contributed by atoms with Gasteiger partial charge in [-0.1, -0.05) is 70.0 Å². The molecule has 3 aliphatic rings. The van der Waals surface area contributed by atoms with Gasteiger partial charge in [-0.25, -0.2) is 0 Å². The number of carbonyl (C=O) groups excluding carboxylic acids is 3. The second-order valence-corrected chi connectivity index (χ2v) is 10.5. The smallest absolute Gasteiger partial charge is 0.238 e. The van der Waals surface area contributed by atoms with Gasteiger partial charge >= 0.3 is 0 Å². The first kappa shape index (κ1) is 22.3. The fourth-order valence-electron chi connectivity index (χ4n) is 6.10. The molecule has 0 saturated carbocycles. The molecule has 5 nitrogen and oxygen atoms in total. The van der Waals surface area contributed by atoms with E-state index in [-0.39, 0.29) is 17.5 Å². The zero-order valence-corrected chi connectivity index (χ0v) is 21.0. The summed E-state index contributed by atoms with van der Waals surface area (Å²) in [5.74, 6) is -1.60. The topological polar surface area (TPSA) is 66.5 Å². The van der Waals surface area contributed by atoms with E-state index in [9.17, 15) is 14.4 Å². The molecule has 3 aromatic rings. The number of anilines is 2. The van der Waals surface area contributed by atoms with Crippen molar-refractivity contribution in [3.63, 3.8) is 0 Å². The van der Waals surface area contributed by atoms with Crippen LogP contribution in [0.4, 0.5) is 11.4 Å². The molecule has 1 amide bonds. The Balaban J connectivity index is 1.65. The molecule has 1 saturated heterocycles. The number of hydrogen-bond donors (Lipinski definition) is 1. The number of para-hydroxylation sites is 1. The number of benzene rings is 3. The largest absolute Gasteiger partial charge is 0.352 e. The number of fused-ring (bicyclic) bond motifs is 6. The lowest BCUT2D eigenvalue weighted by atomic mass is 9.64. The lowest BCUT2D eigenvalue weighted by molar-refractivity contribution is -0.122. The number of carbonyl (C=O) groups is 3. The first-order chi connectivity index (χ1) is 16.8. The van der Waals surface area contributed by atoms with Crippen LogP contribution in [-0.4, -0.2) is 29.6 Å². The second-order valence-electron chi connectivity index (χ2n) is 9.19. The average Bonchev–Trinajstić information content (AvgIpc) is 3.32. The lowest BCUT2D eigenvalue weighted by Gasteiger charge is -2.37. The van der Waals surface area contributed by atoms with Crippen LogP contribution >= 0.6 is 27.5 Å². The molecule has 0 unspecified atom stereocenters. The number of halogens is 2. The summed E-state index contributed by atoms with van der Waals surface area (Å²) in [4.78, 5) is 43.6. The number of hydrogen-bond acceptors (Lipinski definition) is 4. The molecule has 0 aliphatic carbocycles. The Hall–Kier alpha value is -3.22. The highest BCUT2D eigenvalue weighted by molar-refractivity contribution is 9.10. The molecule has 0 aromatic heterocycles. The van der Waals surface area contributed by atoms with E-state index in [4.69, 9.17) is 11.6 Å². The third kappa shape index (κ3) is 3.03. The fraction of sp³-hybridized carbons (Fsp3) is 0.179.